The van der Waals surface area contributed by atoms with Gasteiger partial charge in [0.2, 0.25) is 13.4 Å². The summed E-state index contributed by atoms with van der Waals surface area (Å²) in [5.74, 6) is 5.52. The van der Waals surface area contributed by atoms with E-state index >= 15 is 0 Å². The molecule has 0 radical (unpaired) electrons. The predicted molar refractivity (Wildman–Crippen MR) is 119 cm³/mol. The molecule has 0 amide bonds. The Kier molecular flexibility index (Phi) is 7.95. The van der Waals surface area contributed by atoms with Gasteiger partial charge in [0.15, 0.2) is 11.6 Å². The first-order valence-corrected chi connectivity index (χ1v) is 10.5. The Bertz CT molecular complexity index is 873. The van der Waals surface area contributed by atoms with Crippen LogP contribution in [0.3, 0.4) is 0 Å². The van der Waals surface area contributed by atoms with Gasteiger partial charge in [0.05, 0.1) is 0 Å². The van der Waals surface area contributed by atoms with Gasteiger partial charge in [0, 0.05) is 24.3 Å². The molecule has 150 valence electrons. The predicted octanol–water partition coefficient (Wildman–Crippen LogP) is 6.08. The van der Waals surface area contributed by atoms with Crippen molar-refractivity contribution in [3.05, 3.63) is 46.8 Å². The summed E-state index contributed by atoms with van der Waals surface area (Å²) < 4.78 is -3.82. The van der Waals surface area contributed by atoms with E-state index in [0.717, 1.165) is 29.9 Å². The number of aromatic nitrogens is 3. The van der Waals surface area contributed by atoms with Crippen LogP contribution >= 0.6 is 69.6 Å². The lowest BCUT2D eigenvalue weighted by atomic mass is 10.1. The SMILES string of the molecule is CCN(CC)c1ccc(C#Cc2nc(C(Cl)(Cl)Cl)nc(C(Cl)(Cl)Cl)n2)c(C)c1. The molecule has 0 spiro atoms. The number of rotatable bonds is 3. The monoisotopic (exact) mass is 498 g/mol. The average molecular weight is 501 g/mol. The fraction of sp³-hybridized carbons (Fsp3) is 0.389. The van der Waals surface area contributed by atoms with Gasteiger partial charge >= 0.3 is 0 Å². The highest BCUT2D eigenvalue weighted by Crippen LogP contribution is 2.39. The van der Waals surface area contributed by atoms with Crippen molar-refractivity contribution in [2.45, 2.75) is 28.4 Å². The van der Waals surface area contributed by atoms with Crippen LogP contribution in [0.25, 0.3) is 0 Å². The maximum atomic E-state index is 5.87. The number of alkyl halides is 6. The summed E-state index contributed by atoms with van der Waals surface area (Å²) in [6.07, 6.45) is 0. The first kappa shape index (κ1) is 23.6. The van der Waals surface area contributed by atoms with Crippen molar-refractivity contribution in [2.75, 3.05) is 18.0 Å². The lowest BCUT2D eigenvalue weighted by Crippen LogP contribution is -2.21. The van der Waals surface area contributed by atoms with Gasteiger partial charge in [-0.2, -0.15) is 0 Å². The fourth-order valence-electron chi connectivity index (χ4n) is 2.38. The van der Waals surface area contributed by atoms with Crippen LogP contribution in [0, 0.1) is 18.8 Å². The van der Waals surface area contributed by atoms with Gasteiger partial charge < -0.3 is 4.90 Å². The molecule has 0 aliphatic rings. The molecule has 1 aromatic heterocycles. The second-order valence-corrected chi connectivity index (χ2v) is 10.3. The van der Waals surface area contributed by atoms with Crippen LogP contribution in [0.5, 0.6) is 0 Å². The van der Waals surface area contributed by atoms with Crippen LogP contribution in [0.2, 0.25) is 0 Å². The highest BCUT2D eigenvalue weighted by Gasteiger charge is 2.33. The summed E-state index contributed by atoms with van der Waals surface area (Å²) >= 11 is 35.2. The fourth-order valence-corrected chi connectivity index (χ4v) is 2.89. The molecule has 10 heteroatoms. The Morgan fingerprint density at radius 2 is 1.39 bits per heavy atom. The molecule has 0 fully saturated rings. The summed E-state index contributed by atoms with van der Waals surface area (Å²) in [6, 6.07) is 6.02. The minimum Gasteiger partial charge on any atom is -0.372 e. The van der Waals surface area contributed by atoms with Gasteiger partial charge in [-0.3, -0.25) is 0 Å². The molecule has 0 atom stereocenters. The number of halogens is 6. The molecule has 0 bridgehead atoms. The summed E-state index contributed by atoms with van der Waals surface area (Å²) in [5.41, 5.74) is 2.95. The Morgan fingerprint density at radius 3 is 1.82 bits per heavy atom. The van der Waals surface area contributed by atoms with Crippen molar-refractivity contribution < 1.29 is 0 Å². The number of nitrogens with zero attached hydrogens (tertiary/aromatic N) is 4. The van der Waals surface area contributed by atoms with Crippen LogP contribution in [-0.4, -0.2) is 28.0 Å². The average Bonchev–Trinajstić information content (AvgIpc) is 2.60. The Balaban J connectivity index is 2.45. The summed E-state index contributed by atoms with van der Waals surface area (Å²) in [5, 5.41) is 0. The van der Waals surface area contributed by atoms with E-state index in [9.17, 15) is 0 Å². The van der Waals surface area contributed by atoms with Crippen molar-refractivity contribution in [1.82, 2.24) is 15.0 Å². The zero-order valence-electron chi connectivity index (χ0n) is 15.2. The smallest absolute Gasteiger partial charge is 0.250 e. The molecule has 0 N–H and O–H groups in total. The first-order chi connectivity index (χ1) is 13.0. The van der Waals surface area contributed by atoms with E-state index in [4.69, 9.17) is 69.6 Å². The molecule has 0 saturated heterocycles. The van der Waals surface area contributed by atoms with Gasteiger partial charge in [-0.1, -0.05) is 75.5 Å². The molecule has 2 aromatic rings. The largest absolute Gasteiger partial charge is 0.372 e. The highest BCUT2D eigenvalue weighted by atomic mass is 35.6. The molecule has 1 heterocycles. The van der Waals surface area contributed by atoms with Crippen molar-refractivity contribution in [1.29, 1.82) is 0 Å². The van der Waals surface area contributed by atoms with E-state index in [1.807, 2.05) is 19.1 Å². The van der Waals surface area contributed by atoms with Crippen molar-refractivity contribution in [3.8, 4) is 11.8 Å². The number of aryl methyl sites for hydroxylation is 1. The van der Waals surface area contributed by atoms with E-state index < -0.39 is 7.59 Å². The van der Waals surface area contributed by atoms with Gasteiger partial charge in [-0.05, 0) is 50.5 Å². The highest BCUT2D eigenvalue weighted by molar-refractivity contribution is 6.67. The van der Waals surface area contributed by atoms with E-state index in [1.54, 1.807) is 0 Å². The molecular formula is C18H16Cl6N4. The third-order valence-corrected chi connectivity index (χ3v) is 4.80. The minimum absolute atomic E-state index is 0.0323. The second-order valence-electron chi connectivity index (χ2n) is 5.72. The minimum atomic E-state index is -1.91. The molecule has 0 aliphatic heterocycles. The second kappa shape index (κ2) is 9.43. The molecule has 1 aromatic carbocycles. The molecule has 0 saturated carbocycles. The molecule has 0 aliphatic carbocycles. The number of anilines is 1. The maximum Gasteiger partial charge on any atom is 0.250 e. The number of hydrogen-bond donors (Lipinski definition) is 0. The van der Waals surface area contributed by atoms with Crippen molar-refractivity contribution in [2.24, 2.45) is 0 Å². The van der Waals surface area contributed by atoms with Crippen LogP contribution < -0.4 is 4.90 Å². The zero-order valence-corrected chi connectivity index (χ0v) is 19.7. The van der Waals surface area contributed by atoms with Crippen molar-refractivity contribution >= 4 is 75.3 Å². The molecule has 2 rings (SSSR count). The van der Waals surface area contributed by atoms with Gasteiger partial charge in [0.1, 0.15) is 0 Å². The number of hydrogen-bond acceptors (Lipinski definition) is 4. The van der Waals surface area contributed by atoms with Gasteiger partial charge in [0.25, 0.3) is 0 Å². The molecule has 0 unspecified atom stereocenters. The zero-order chi connectivity index (χ0) is 21.1. The lowest BCUT2D eigenvalue weighted by molar-refractivity contribution is 0.833. The standard InChI is InChI=1S/C18H16Cl6N4/c1-4-28(5-2)13-8-6-12(11(3)10-13)7-9-14-25-15(17(19,20)21)27-16(26-14)18(22,23)24/h6,8,10H,4-5H2,1-3H3. The Morgan fingerprint density at radius 1 is 0.857 bits per heavy atom. The summed E-state index contributed by atoms with van der Waals surface area (Å²) in [4.78, 5) is 14.3. The van der Waals surface area contributed by atoms with Crippen LogP contribution in [-0.2, 0) is 7.59 Å². The van der Waals surface area contributed by atoms with E-state index in [1.165, 1.54) is 0 Å². The van der Waals surface area contributed by atoms with E-state index in [-0.39, 0.29) is 17.5 Å². The normalized spacial score (nSPS) is 11.8. The summed E-state index contributed by atoms with van der Waals surface area (Å²) in [6.45, 7) is 8.04. The third-order valence-electron chi connectivity index (χ3n) is 3.79. The van der Waals surface area contributed by atoms with Crippen molar-refractivity contribution in [3.63, 3.8) is 0 Å². The lowest BCUT2D eigenvalue weighted by Gasteiger charge is -2.21. The number of benzene rings is 1. The van der Waals surface area contributed by atoms with Gasteiger partial charge in [-0.25, -0.2) is 15.0 Å². The topological polar surface area (TPSA) is 41.9 Å². The molecular weight excluding hydrogens is 485 g/mol. The van der Waals surface area contributed by atoms with E-state index in [0.29, 0.717) is 0 Å². The molecule has 28 heavy (non-hydrogen) atoms. The Hall–Kier alpha value is -0.670. The maximum absolute atomic E-state index is 5.87. The van der Waals surface area contributed by atoms with Crippen LogP contribution in [0.1, 0.15) is 42.4 Å². The van der Waals surface area contributed by atoms with Crippen LogP contribution in [0.4, 0.5) is 5.69 Å². The molecule has 4 nitrogen and oxygen atoms in total. The Labute approximate surface area is 194 Å². The van der Waals surface area contributed by atoms with Gasteiger partial charge in [-0.15, -0.1) is 0 Å². The van der Waals surface area contributed by atoms with Crippen LogP contribution in [0.15, 0.2) is 18.2 Å². The third kappa shape index (κ3) is 6.16. The van der Waals surface area contributed by atoms with E-state index in [2.05, 4.69) is 51.6 Å². The quantitative estimate of drug-likeness (QED) is 0.378. The summed E-state index contributed by atoms with van der Waals surface area (Å²) in [7, 11) is 0. The first-order valence-electron chi connectivity index (χ1n) is 8.23.